The number of likely N-dealkylation sites (tertiary alicyclic amines) is 1. The summed E-state index contributed by atoms with van der Waals surface area (Å²) in [6, 6.07) is 0. The molecule has 0 aliphatic carbocycles. The normalized spacial score (nSPS) is 31.4. The lowest BCUT2D eigenvalue weighted by Crippen LogP contribution is -2.34. The summed E-state index contributed by atoms with van der Waals surface area (Å²) < 4.78 is 5.29. The Kier molecular flexibility index (Phi) is 4.99. The molecule has 98 valence electrons. The minimum Gasteiger partial charge on any atom is -0.381 e. The molecule has 2 unspecified atom stereocenters. The summed E-state index contributed by atoms with van der Waals surface area (Å²) in [6.07, 6.45) is 6.09. The van der Waals surface area contributed by atoms with E-state index in [0.717, 1.165) is 32.0 Å². The third kappa shape index (κ3) is 3.78. The van der Waals surface area contributed by atoms with Crippen LogP contribution in [-0.2, 0) is 9.53 Å². The Balaban J connectivity index is 1.76. The van der Waals surface area contributed by atoms with Crippen molar-refractivity contribution in [2.24, 2.45) is 11.8 Å². The van der Waals surface area contributed by atoms with Crippen molar-refractivity contribution >= 4 is 5.78 Å². The number of carbonyl (C=O) groups excluding carboxylic acids is 1. The number of nitrogens with zero attached hydrogens (tertiary/aromatic N) is 1. The predicted octanol–water partition coefficient (Wildman–Crippen LogP) is 2.10. The summed E-state index contributed by atoms with van der Waals surface area (Å²) in [5, 5.41) is 0. The number of hydrogen-bond acceptors (Lipinski definition) is 3. The minimum absolute atomic E-state index is 0.181. The van der Waals surface area contributed by atoms with Gasteiger partial charge in [-0.25, -0.2) is 0 Å². The molecule has 0 aromatic heterocycles. The highest BCUT2D eigenvalue weighted by atomic mass is 16.5. The first-order valence-electron chi connectivity index (χ1n) is 7.12. The van der Waals surface area contributed by atoms with Gasteiger partial charge in [-0.15, -0.1) is 0 Å². The molecule has 0 saturated carbocycles. The zero-order chi connectivity index (χ0) is 12.1. The van der Waals surface area contributed by atoms with Gasteiger partial charge in [0.25, 0.3) is 0 Å². The van der Waals surface area contributed by atoms with Gasteiger partial charge in [0.1, 0.15) is 0 Å². The van der Waals surface area contributed by atoms with Crippen molar-refractivity contribution in [2.45, 2.75) is 39.0 Å². The number of ether oxygens (including phenoxy) is 1. The van der Waals surface area contributed by atoms with Crippen LogP contribution >= 0.6 is 0 Å². The molecular weight excluding hydrogens is 214 g/mol. The van der Waals surface area contributed by atoms with Crippen LogP contribution in [0, 0.1) is 11.8 Å². The molecule has 0 aromatic rings. The Bertz CT molecular complexity index is 249. The SMILES string of the molecule is CCC1CCCN(CC(=O)C2CCOC2)CC1. The summed E-state index contributed by atoms with van der Waals surface area (Å²) in [6.45, 7) is 6.58. The first-order valence-corrected chi connectivity index (χ1v) is 7.12. The highest BCUT2D eigenvalue weighted by Crippen LogP contribution is 2.21. The van der Waals surface area contributed by atoms with Crippen molar-refractivity contribution in [1.29, 1.82) is 0 Å². The van der Waals surface area contributed by atoms with Gasteiger partial charge >= 0.3 is 0 Å². The van der Waals surface area contributed by atoms with Crippen molar-refractivity contribution in [3.05, 3.63) is 0 Å². The average molecular weight is 239 g/mol. The molecule has 3 heteroatoms. The fourth-order valence-electron chi connectivity index (χ4n) is 2.93. The van der Waals surface area contributed by atoms with Crippen LogP contribution in [0.15, 0.2) is 0 Å². The lowest BCUT2D eigenvalue weighted by molar-refractivity contribution is -0.124. The molecule has 0 aromatic carbocycles. The zero-order valence-electron chi connectivity index (χ0n) is 11.0. The monoisotopic (exact) mass is 239 g/mol. The summed E-state index contributed by atoms with van der Waals surface area (Å²) in [5.41, 5.74) is 0. The molecule has 2 heterocycles. The van der Waals surface area contributed by atoms with E-state index in [0.29, 0.717) is 18.9 Å². The van der Waals surface area contributed by atoms with Gasteiger partial charge in [-0.05, 0) is 44.7 Å². The van der Waals surface area contributed by atoms with Gasteiger partial charge in [-0.2, -0.15) is 0 Å². The molecule has 0 N–H and O–H groups in total. The Labute approximate surface area is 105 Å². The Morgan fingerprint density at radius 3 is 2.88 bits per heavy atom. The van der Waals surface area contributed by atoms with Crippen LogP contribution < -0.4 is 0 Å². The number of hydrogen-bond donors (Lipinski definition) is 0. The summed E-state index contributed by atoms with van der Waals surface area (Å²) in [4.78, 5) is 14.4. The quantitative estimate of drug-likeness (QED) is 0.752. The lowest BCUT2D eigenvalue weighted by atomic mass is 9.98. The van der Waals surface area contributed by atoms with E-state index in [1.165, 1.54) is 25.7 Å². The lowest BCUT2D eigenvalue weighted by Gasteiger charge is -2.20. The van der Waals surface area contributed by atoms with Crippen LogP contribution in [-0.4, -0.2) is 43.5 Å². The van der Waals surface area contributed by atoms with Gasteiger partial charge in [-0.3, -0.25) is 9.69 Å². The molecule has 0 spiro atoms. The van der Waals surface area contributed by atoms with E-state index in [4.69, 9.17) is 4.74 Å². The summed E-state index contributed by atoms with van der Waals surface area (Å²) >= 11 is 0. The second kappa shape index (κ2) is 6.50. The van der Waals surface area contributed by atoms with Gasteiger partial charge in [0, 0.05) is 12.5 Å². The largest absolute Gasteiger partial charge is 0.381 e. The maximum Gasteiger partial charge on any atom is 0.152 e. The number of carbonyl (C=O) groups is 1. The molecule has 2 fully saturated rings. The van der Waals surface area contributed by atoms with E-state index in [1.807, 2.05) is 0 Å². The van der Waals surface area contributed by atoms with Gasteiger partial charge in [0.05, 0.1) is 13.2 Å². The fourth-order valence-corrected chi connectivity index (χ4v) is 2.93. The molecule has 0 bridgehead atoms. The first-order chi connectivity index (χ1) is 8.29. The third-order valence-electron chi connectivity index (χ3n) is 4.28. The van der Waals surface area contributed by atoms with Crippen molar-refractivity contribution in [2.75, 3.05) is 32.8 Å². The van der Waals surface area contributed by atoms with E-state index < -0.39 is 0 Å². The summed E-state index contributed by atoms with van der Waals surface area (Å²) in [7, 11) is 0. The average Bonchev–Trinajstić information content (AvgIpc) is 2.78. The number of ketones is 1. The standard InChI is InChI=1S/C14H25NO2/c1-2-12-4-3-7-15(8-5-12)10-14(16)13-6-9-17-11-13/h12-13H,2-11H2,1H3. The van der Waals surface area contributed by atoms with Crippen molar-refractivity contribution in [1.82, 2.24) is 4.90 Å². The fraction of sp³-hybridized carbons (Fsp3) is 0.929. The molecule has 2 atom stereocenters. The van der Waals surface area contributed by atoms with E-state index in [9.17, 15) is 4.79 Å². The third-order valence-corrected chi connectivity index (χ3v) is 4.28. The Morgan fingerprint density at radius 1 is 1.29 bits per heavy atom. The summed E-state index contributed by atoms with van der Waals surface area (Å²) in [5.74, 6) is 1.46. The van der Waals surface area contributed by atoms with Crippen molar-refractivity contribution in [3.8, 4) is 0 Å². The van der Waals surface area contributed by atoms with E-state index >= 15 is 0 Å². The Morgan fingerprint density at radius 2 is 2.18 bits per heavy atom. The molecule has 2 aliphatic rings. The Hall–Kier alpha value is -0.410. The maximum absolute atomic E-state index is 12.1. The smallest absolute Gasteiger partial charge is 0.152 e. The highest BCUT2D eigenvalue weighted by molar-refractivity contribution is 5.83. The van der Waals surface area contributed by atoms with Crippen LogP contribution in [0.1, 0.15) is 39.0 Å². The number of Topliss-reactive ketones (excluding diaryl/α,β-unsaturated/α-hetero) is 1. The van der Waals surface area contributed by atoms with Crippen LogP contribution in [0.5, 0.6) is 0 Å². The number of rotatable bonds is 4. The van der Waals surface area contributed by atoms with E-state index in [1.54, 1.807) is 0 Å². The van der Waals surface area contributed by atoms with Gasteiger partial charge in [0.15, 0.2) is 5.78 Å². The van der Waals surface area contributed by atoms with Crippen LogP contribution in [0.4, 0.5) is 0 Å². The van der Waals surface area contributed by atoms with Gasteiger partial charge in [-0.1, -0.05) is 13.3 Å². The van der Waals surface area contributed by atoms with Crippen LogP contribution in [0.25, 0.3) is 0 Å². The minimum atomic E-state index is 0.181. The molecule has 2 aliphatic heterocycles. The maximum atomic E-state index is 12.1. The second-order valence-electron chi connectivity index (χ2n) is 5.51. The molecule has 2 saturated heterocycles. The van der Waals surface area contributed by atoms with E-state index in [-0.39, 0.29) is 5.92 Å². The topological polar surface area (TPSA) is 29.5 Å². The molecule has 0 radical (unpaired) electrons. The van der Waals surface area contributed by atoms with Crippen molar-refractivity contribution < 1.29 is 9.53 Å². The highest BCUT2D eigenvalue weighted by Gasteiger charge is 2.25. The van der Waals surface area contributed by atoms with Crippen LogP contribution in [0.3, 0.4) is 0 Å². The molecule has 2 rings (SSSR count). The zero-order valence-corrected chi connectivity index (χ0v) is 11.0. The predicted molar refractivity (Wildman–Crippen MR) is 68.0 cm³/mol. The molecular formula is C14H25NO2. The van der Waals surface area contributed by atoms with Crippen LogP contribution in [0.2, 0.25) is 0 Å². The molecule has 0 amide bonds. The van der Waals surface area contributed by atoms with E-state index in [2.05, 4.69) is 11.8 Å². The first kappa shape index (κ1) is 13.0. The van der Waals surface area contributed by atoms with Gasteiger partial charge < -0.3 is 4.74 Å². The molecule has 3 nitrogen and oxygen atoms in total. The van der Waals surface area contributed by atoms with Gasteiger partial charge in [0.2, 0.25) is 0 Å². The molecule has 17 heavy (non-hydrogen) atoms. The van der Waals surface area contributed by atoms with Crippen molar-refractivity contribution in [3.63, 3.8) is 0 Å². The second-order valence-corrected chi connectivity index (χ2v) is 5.51.